The van der Waals surface area contributed by atoms with Crippen LogP contribution in [0.1, 0.15) is 18.1 Å². The normalized spacial score (nSPS) is 15.0. The molecule has 0 radical (unpaired) electrons. The zero-order valence-electron chi connectivity index (χ0n) is 8.39. The topological polar surface area (TPSA) is 20.3 Å². The smallest absolute Gasteiger partial charge is 0.219 e. The second-order valence-electron chi connectivity index (χ2n) is 3.69. The molecule has 0 aliphatic carbocycles. The molecule has 0 fully saturated rings. The lowest BCUT2D eigenvalue weighted by atomic mass is 10.00. The molecule has 0 bridgehead atoms. The van der Waals surface area contributed by atoms with Crippen LogP contribution >= 0.6 is 27.5 Å². The van der Waals surface area contributed by atoms with Crippen LogP contribution in [0.15, 0.2) is 16.6 Å². The van der Waals surface area contributed by atoms with Crippen LogP contribution in [0.4, 0.5) is 0 Å². The molecule has 80 valence electrons. The van der Waals surface area contributed by atoms with Gasteiger partial charge in [0, 0.05) is 24.5 Å². The van der Waals surface area contributed by atoms with Crippen LogP contribution in [0.25, 0.3) is 0 Å². The highest BCUT2D eigenvalue weighted by molar-refractivity contribution is 9.10. The number of halogens is 2. The molecule has 0 spiro atoms. The van der Waals surface area contributed by atoms with E-state index >= 15 is 0 Å². The Kier molecular flexibility index (Phi) is 3.03. The minimum Gasteiger partial charge on any atom is -0.338 e. The average Bonchev–Trinajstić information content (AvgIpc) is 2.23. The number of hydrogen-bond acceptors (Lipinski definition) is 1. The summed E-state index contributed by atoms with van der Waals surface area (Å²) in [5.74, 6) is 0.118. The van der Waals surface area contributed by atoms with Crippen molar-refractivity contribution < 1.29 is 4.79 Å². The highest BCUT2D eigenvalue weighted by Gasteiger charge is 2.20. The van der Waals surface area contributed by atoms with Crippen LogP contribution in [-0.4, -0.2) is 17.4 Å². The molecule has 1 aromatic rings. The number of hydrogen-bond donors (Lipinski definition) is 0. The number of amides is 1. The molecular weight excluding hydrogens is 277 g/mol. The van der Waals surface area contributed by atoms with Crippen molar-refractivity contribution in [3.05, 3.63) is 32.8 Å². The van der Waals surface area contributed by atoms with Crippen molar-refractivity contribution in [2.45, 2.75) is 19.9 Å². The van der Waals surface area contributed by atoms with Crippen molar-refractivity contribution in [1.82, 2.24) is 4.90 Å². The van der Waals surface area contributed by atoms with Gasteiger partial charge in [-0.3, -0.25) is 4.79 Å². The maximum atomic E-state index is 11.3. The minimum absolute atomic E-state index is 0.118. The summed E-state index contributed by atoms with van der Waals surface area (Å²) in [5, 5.41) is 0.708. The first-order chi connectivity index (χ1) is 7.09. The Bertz CT molecular complexity index is 419. The van der Waals surface area contributed by atoms with Crippen LogP contribution in [-0.2, 0) is 17.8 Å². The van der Waals surface area contributed by atoms with Gasteiger partial charge in [0.25, 0.3) is 0 Å². The Balaban J connectivity index is 2.39. The summed E-state index contributed by atoms with van der Waals surface area (Å²) in [4.78, 5) is 13.1. The summed E-state index contributed by atoms with van der Waals surface area (Å²) < 4.78 is 0.924. The highest BCUT2D eigenvalue weighted by Crippen LogP contribution is 2.32. The molecular formula is C11H11BrClNO. The molecule has 2 nitrogen and oxygen atoms in total. The summed E-state index contributed by atoms with van der Waals surface area (Å²) >= 11 is 9.50. The van der Waals surface area contributed by atoms with Crippen LogP contribution in [0.3, 0.4) is 0 Å². The summed E-state index contributed by atoms with van der Waals surface area (Å²) in [5.41, 5.74) is 2.42. The van der Waals surface area contributed by atoms with E-state index < -0.39 is 0 Å². The van der Waals surface area contributed by atoms with Gasteiger partial charge in [0.15, 0.2) is 0 Å². The molecule has 0 saturated carbocycles. The molecule has 1 aromatic carbocycles. The van der Waals surface area contributed by atoms with E-state index in [1.54, 1.807) is 6.92 Å². The maximum Gasteiger partial charge on any atom is 0.219 e. The van der Waals surface area contributed by atoms with Crippen LogP contribution in [0.5, 0.6) is 0 Å². The Morgan fingerprint density at radius 1 is 1.53 bits per heavy atom. The van der Waals surface area contributed by atoms with Crippen LogP contribution < -0.4 is 0 Å². The third-order valence-electron chi connectivity index (χ3n) is 2.74. The monoisotopic (exact) mass is 287 g/mol. The molecule has 0 saturated heterocycles. The Labute approximate surface area is 102 Å². The fourth-order valence-corrected chi connectivity index (χ4v) is 2.52. The molecule has 2 rings (SSSR count). The first-order valence-corrected chi connectivity index (χ1v) is 5.98. The van der Waals surface area contributed by atoms with Gasteiger partial charge < -0.3 is 4.90 Å². The Morgan fingerprint density at radius 3 is 2.93 bits per heavy atom. The summed E-state index contributed by atoms with van der Waals surface area (Å²) in [6.45, 7) is 3.06. The minimum atomic E-state index is 0.118. The van der Waals surface area contributed by atoms with Gasteiger partial charge in [0.2, 0.25) is 5.91 Å². The SMILES string of the molecule is CC(=O)N1CCc2ccc(Cl)c(Br)c2C1. The fraction of sp³-hybridized carbons (Fsp3) is 0.364. The van der Waals surface area contributed by atoms with Crippen molar-refractivity contribution >= 4 is 33.4 Å². The van der Waals surface area contributed by atoms with Crippen molar-refractivity contribution in [3.63, 3.8) is 0 Å². The third kappa shape index (κ3) is 2.04. The lowest BCUT2D eigenvalue weighted by Gasteiger charge is -2.28. The van der Waals surface area contributed by atoms with Gasteiger partial charge in [-0.1, -0.05) is 17.7 Å². The van der Waals surface area contributed by atoms with Gasteiger partial charge in [-0.2, -0.15) is 0 Å². The van der Waals surface area contributed by atoms with Crippen molar-refractivity contribution in [3.8, 4) is 0 Å². The molecule has 1 amide bonds. The molecule has 1 heterocycles. The van der Waals surface area contributed by atoms with E-state index in [1.165, 1.54) is 5.56 Å². The number of rotatable bonds is 0. The van der Waals surface area contributed by atoms with E-state index in [9.17, 15) is 4.79 Å². The predicted octanol–water partition coefficient (Wildman–Crippen LogP) is 3.01. The van der Waals surface area contributed by atoms with Crippen molar-refractivity contribution in [2.24, 2.45) is 0 Å². The van der Waals surface area contributed by atoms with Crippen LogP contribution in [0.2, 0.25) is 5.02 Å². The maximum absolute atomic E-state index is 11.3. The molecule has 1 aliphatic rings. The van der Waals surface area contributed by atoms with Crippen molar-refractivity contribution in [1.29, 1.82) is 0 Å². The molecule has 0 unspecified atom stereocenters. The predicted molar refractivity (Wildman–Crippen MR) is 63.9 cm³/mol. The number of fused-ring (bicyclic) bond motifs is 1. The summed E-state index contributed by atoms with van der Waals surface area (Å²) in [6.07, 6.45) is 0.907. The first kappa shape index (κ1) is 11.0. The molecule has 0 aromatic heterocycles. The zero-order chi connectivity index (χ0) is 11.0. The van der Waals surface area contributed by atoms with Gasteiger partial charge in [-0.25, -0.2) is 0 Å². The van der Waals surface area contributed by atoms with E-state index in [2.05, 4.69) is 15.9 Å². The second kappa shape index (κ2) is 4.14. The van der Waals surface area contributed by atoms with Gasteiger partial charge >= 0.3 is 0 Å². The average molecular weight is 289 g/mol. The lowest BCUT2D eigenvalue weighted by molar-refractivity contribution is -0.129. The number of carbonyl (C=O) groups is 1. The van der Waals surface area contributed by atoms with Crippen LogP contribution in [0, 0.1) is 0 Å². The van der Waals surface area contributed by atoms with Gasteiger partial charge in [0.1, 0.15) is 0 Å². The van der Waals surface area contributed by atoms with E-state index in [1.807, 2.05) is 17.0 Å². The van der Waals surface area contributed by atoms with E-state index in [0.717, 1.165) is 23.0 Å². The second-order valence-corrected chi connectivity index (χ2v) is 4.89. The lowest BCUT2D eigenvalue weighted by Crippen LogP contribution is -2.34. The van der Waals surface area contributed by atoms with Crippen molar-refractivity contribution in [2.75, 3.05) is 6.54 Å². The van der Waals surface area contributed by atoms with E-state index in [0.29, 0.717) is 11.6 Å². The van der Waals surface area contributed by atoms with Gasteiger partial charge in [-0.15, -0.1) is 0 Å². The fourth-order valence-electron chi connectivity index (χ4n) is 1.83. The number of nitrogens with zero attached hydrogens (tertiary/aromatic N) is 1. The molecule has 0 atom stereocenters. The first-order valence-electron chi connectivity index (χ1n) is 4.81. The molecule has 0 N–H and O–H groups in total. The standard InChI is InChI=1S/C11H11BrClNO/c1-7(15)14-5-4-8-2-3-10(13)11(12)9(8)6-14/h2-3H,4-6H2,1H3. The van der Waals surface area contributed by atoms with E-state index in [-0.39, 0.29) is 5.91 Å². The third-order valence-corrected chi connectivity index (χ3v) is 4.19. The summed E-state index contributed by atoms with van der Waals surface area (Å²) in [7, 11) is 0. The Morgan fingerprint density at radius 2 is 2.27 bits per heavy atom. The molecule has 15 heavy (non-hydrogen) atoms. The molecule has 4 heteroatoms. The van der Waals surface area contributed by atoms with Gasteiger partial charge in [-0.05, 0) is 39.5 Å². The van der Waals surface area contributed by atoms with E-state index in [4.69, 9.17) is 11.6 Å². The quantitative estimate of drug-likeness (QED) is 0.718. The zero-order valence-corrected chi connectivity index (χ0v) is 10.7. The summed E-state index contributed by atoms with van der Waals surface area (Å²) in [6, 6.07) is 3.94. The highest BCUT2D eigenvalue weighted by atomic mass is 79.9. The molecule has 1 aliphatic heterocycles. The Hall–Kier alpha value is -0.540. The largest absolute Gasteiger partial charge is 0.338 e. The number of carbonyl (C=O) groups excluding carboxylic acids is 1. The number of benzene rings is 1. The van der Waals surface area contributed by atoms with Gasteiger partial charge in [0.05, 0.1) is 5.02 Å².